The number of rotatable bonds is 4. The quantitative estimate of drug-likeness (QED) is 0.913. The molecule has 0 unspecified atom stereocenters. The molecule has 118 valence electrons. The van der Waals surface area contributed by atoms with Crippen LogP contribution in [0.3, 0.4) is 0 Å². The molecule has 6 heteroatoms. The second-order valence-corrected chi connectivity index (χ2v) is 5.60. The molecule has 0 spiro atoms. The molecule has 1 aliphatic heterocycles. The Morgan fingerprint density at radius 1 is 1.32 bits per heavy atom. The van der Waals surface area contributed by atoms with Crippen LogP contribution in [-0.4, -0.2) is 35.2 Å². The topological polar surface area (TPSA) is 81.9 Å². The molecule has 1 aromatic rings. The first-order chi connectivity index (χ1) is 10.6. The van der Waals surface area contributed by atoms with E-state index in [0.29, 0.717) is 11.4 Å². The van der Waals surface area contributed by atoms with Crippen molar-refractivity contribution in [2.24, 2.45) is 0 Å². The second kappa shape index (κ2) is 7.21. The number of piperidine rings is 1. The minimum absolute atomic E-state index is 0.0107. The molecular formula is C16H23N5O. The number of aryl methyl sites for hydroxylation is 1. The first-order valence-corrected chi connectivity index (χ1v) is 7.91. The summed E-state index contributed by atoms with van der Waals surface area (Å²) in [6.45, 7) is 7.18. The molecule has 6 nitrogen and oxygen atoms in total. The van der Waals surface area contributed by atoms with Crippen molar-refractivity contribution in [3.05, 3.63) is 16.8 Å². The van der Waals surface area contributed by atoms with Gasteiger partial charge in [0.05, 0.1) is 5.69 Å². The van der Waals surface area contributed by atoms with E-state index in [1.54, 1.807) is 6.92 Å². The highest BCUT2D eigenvalue weighted by Crippen LogP contribution is 2.25. The highest BCUT2D eigenvalue weighted by Gasteiger charge is 2.24. The molecule has 2 heterocycles. The first-order valence-electron chi connectivity index (χ1n) is 7.91. The lowest BCUT2D eigenvalue weighted by atomic mass is 10.0. The van der Waals surface area contributed by atoms with Crippen molar-refractivity contribution in [1.82, 2.24) is 15.5 Å². The summed E-state index contributed by atoms with van der Waals surface area (Å²) < 4.78 is 0. The Labute approximate surface area is 131 Å². The number of carbonyl (C=O) groups is 1. The number of carbonyl (C=O) groups excluding carboxylic acids is 1. The van der Waals surface area contributed by atoms with Crippen molar-refractivity contribution in [1.29, 1.82) is 5.26 Å². The summed E-state index contributed by atoms with van der Waals surface area (Å²) in [5, 5.41) is 21.1. The Kier molecular flexibility index (Phi) is 5.31. The molecule has 0 atom stereocenters. The van der Waals surface area contributed by atoms with Crippen molar-refractivity contribution in [3.8, 4) is 6.07 Å². The standard InChI is InChI=1S/C16H23N5O/c1-4-13-14(10-17)16(20-19-15(13)5-2)21-8-6-12(7-9-21)18-11(3)22/h12H,4-9H2,1-3H3,(H,18,22). The van der Waals surface area contributed by atoms with Crippen molar-refractivity contribution in [3.63, 3.8) is 0 Å². The van der Waals surface area contributed by atoms with Crippen LogP contribution in [0.2, 0.25) is 0 Å². The minimum atomic E-state index is 0.0107. The molecular weight excluding hydrogens is 278 g/mol. The van der Waals surface area contributed by atoms with Crippen LogP contribution in [0, 0.1) is 11.3 Å². The fourth-order valence-corrected chi connectivity index (χ4v) is 3.02. The third-order valence-electron chi connectivity index (χ3n) is 4.14. The Morgan fingerprint density at radius 3 is 2.50 bits per heavy atom. The fourth-order valence-electron chi connectivity index (χ4n) is 3.02. The number of hydrogen-bond acceptors (Lipinski definition) is 5. The summed E-state index contributed by atoms with van der Waals surface area (Å²) >= 11 is 0. The molecule has 1 aliphatic rings. The second-order valence-electron chi connectivity index (χ2n) is 5.60. The van der Waals surface area contributed by atoms with Crippen LogP contribution in [0.25, 0.3) is 0 Å². The Morgan fingerprint density at radius 2 is 2.00 bits per heavy atom. The van der Waals surface area contributed by atoms with E-state index in [4.69, 9.17) is 0 Å². The van der Waals surface area contributed by atoms with Crippen molar-refractivity contribution < 1.29 is 4.79 Å². The molecule has 22 heavy (non-hydrogen) atoms. The third kappa shape index (κ3) is 3.35. The molecule has 0 aromatic carbocycles. The van der Waals surface area contributed by atoms with E-state index >= 15 is 0 Å². The van der Waals surface area contributed by atoms with Gasteiger partial charge in [-0.3, -0.25) is 4.79 Å². The van der Waals surface area contributed by atoms with Crippen LogP contribution in [0.5, 0.6) is 0 Å². The number of hydrogen-bond donors (Lipinski definition) is 1. The number of amides is 1. The van der Waals surface area contributed by atoms with Crippen LogP contribution in [0.1, 0.15) is 50.4 Å². The normalized spacial score (nSPS) is 15.5. The summed E-state index contributed by atoms with van der Waals surface area (Å²) in [6.07, 6.45) is 3.30. The largest absolute Gasteiger partial charge is 0.354 e. The van der Waals surface area contributed by atoms with Gasteiger partial charge in [-0.15, -0.1) is 5.10 Å². The van der Waals surface area contributed by atoms with Gasteiger partial charge < -0.3 is 10.2 Å². The highest BCUT2D eigenvalue weighted by atomic mass is 16.1. The van der Waals surface area contributed by atoms with Crippen LogP contribution >= 0.6 is 0 Å². The average molecular weight is 301 g/mol. The number of nitrogens with one attached hydrogen (secondary N) is 1. The molecule has 2 rings (SSSR count). The van der Waals surface area contributed by atoms with Gasteiger partial charge in [0, 0.05) is 26.1 Å². The number of aromatic nitrogens is 2. The predicted octanol–water partition coefficient (Wildman–Crippen LogP) is 1.58. The van der Waals surface area contributed by atoms with Crippen LogP contribution in [0.4, 0.5) is 5.82 Å². The summed E-state index contributed by atoms with van der Waals surface area (Å²) in [5.74, 6) is 0.703. The molecule has 1 N–H and O–H groups in total. The third-order valence-corrected chi connectivity index (χ3v) is 4.14. The predicted molar refractivity (Wildman–Crippen MR) is 84.6 cm³/mol. The Balaban J connectivity index is 2.20. The molecule has 1 fully saturated rings. The smallest absolute Gasteiger partial charge is 0.217 e. The van der Waals surface area contributed by atoms with Crippen molar-refractivity contribution in [2.45, 2.75) is 52.5 Å². The van der Waals surface area contributed by atoms with E-state index in [2.05, 4.69) is 26.5 Å². The van der Waals surface area contributed by atoms with Gasteiger partial charge in [0.1, 0.15) is 11.6 Å². The lowest BCUT2D eigenvalue weighted by Gasteiger charge is -2.33. The molecule has 0 bridgehead atoms. The van der Waals surface area contributed by atoms with Crippen LogP contribution < -0.4 is 10.2 Å². The van der Waals surface area contributed by atoms with Crippen molar-refractivity contribution >= 4 is 11.7 Å². The summed E-state index contributed by atoms with van der Waals surface area (Å²) in [5.41, 5.74) is 2.59. The Bertz CT molecular complexity index is 585. The van der Waals surface area contributed by atoms with E-state index < -0.39 is 0 Å². The molecule has 1 amide bonds. The minimum Gasteiger partial charge on any atom is -0.354 e. The number of nitrogens with zero attached hydrogens (tertiary/aromatic N) is 4. The van der Waals surface area contributed by atoms with Gasteiger partial charge in [-0.05, 0) is 31.2 Å². The van der Waals surface area contributed by atoms with E-state index in [-0.39, 0.29) is 11.9 Å². The highest BCUT2D eigenvalue weighted by molar-refractivity contribution is 5.73. The summed E-state index contributed by atoms with van der Waals surface area (Å²) in [4.78, 5) is 13.2. The van der Waals surface area contributed by atoms with E-state index in [0.717, 1.165) is 50.0 Å². The molecule has 0 radical (unpaired) electrons. The lowest BCUT2D eigenvalue weighted by molar-refractivity contribution is -0.119. The van der Waals surface area contributed by atoms with E-state index in [9.17, 15) is 10.1 Å². The fraction of sp³-hybridized carbons (Fsp3) is 0.625. The number of nitriles is 1. The zero-order valence-corrected chi connectivity index (χ0v) is 13.5. The van der Waals surface area contributed by atoms with Crippen molar-refractivity contribution in [2.75, 3.05) is 18.0 Å². The van der Waals surface area contributed by atoms with E-state index in [1.807, 2.05) is 13.8 Å². The summed E-state index contributed by atoms with van der Waals surface area (Å²) in [7, 11) is 0. The van der Waals surface area contributed by atoms with Gasteiger partial charge in [0.15, 0.2) is 5.82 Å². The molecule has 1 saturated heterocycles. The van der Waals surface area contributed by atoms with Crippen LogP contribution in [0.15, 0.2) is 0 Å². The Hall–Kier alpha value is -2.16. The maximum atomic E-state index is 11.1. The van der Waals surface area contributed by atoms with E-state index in [1.165, 1.54) is 0 Å². The average Bonchev–Trinajstić information content (AvgIpc) is 2.53. The zero-order valence-electron chi connectivity index (χ0n) is 13.5. The van der Waals surface area contributed by atoms with Gasteiger partial charge in [0.2, 0.25) is 5.91 Å². The molecule has 0 saturated carbocycles. The van der Waals surface area contributed by atoms with Gasteiger partial charge in [-0.1, -0.05) is 13.8 Å². The molecule has 0 aliphatic carbocycles. The van der Waals surface area contributed by atoms with Gasteiger partial charge in [-0.2, -0.15) is 10.4 Å². The first kappa shape index (κ1) is 16.2. The van der Waals surface area contributed by atoms with Gasteiger partial charge >= 0.3 is 0 Å². The maximum absolute atomic E-state index is 11.1. The van der Waals surface area contributed by atoms with Gasteiger partial charge in [-0.25, -0.2) is 0 Å². The lowest BCUT2D eigenvalue weighted by Crippen LogP contribution is -2.44. The maximum Gasteiger partial charge on any atom is 0.217 e. The van der Waals surface area contributed by atoms with Crippen LogP contribution in [-0.2, 0) is 17.6 Å². The monoisotopic (exact) mass is 301 g/mol. The van der Waals surface area contributed by atoms with Gasteiger partial charge in [0.25, 0.3) is 0 Å². The number of anilines is 1. The molecule has 1 aromatic heterocycles. The zero-order chi connectivity index (χ0) is 16.1. The summed E-state index contributed by atoms with van der Waals surface area (Å²) in [6, 6.07) is 2.53. The SMILES string of the molecule is CCc1nnc(N2CCC(NC(C)=O)CC2)c(C#N)c1CC.